The Morgan fingerprint density at radius 1 is 0.861 bits per heavy atom. The number of carbonyl (C=O) groups is 2. The Hall–Kier alpha value is -4.44. The van der Waals surface area contributed by atoms with E-state index in [9.17, 15) is 18.4 Å². The van der Waals surface area contributed by atoms with E-state index >= 15 is 0 Å². The van der Waals surface area contributed by atoms with Crippen LogP contribution in [0.2, 0.25) is 0 Å². The quantitative estimate of drug-likeness (QED) is 0.397. The SMILES string of the molecule is O=C(Nc1ccc(F)cc1)Nc1ccc(F)c(C(=O)c2ccc3ncc(N4CCOCC4)nc3c2)c1. The summed E-state index contributed by atoms with van der Waals surface area (Å²) < 4.78 is 33.0. The number of fused-ring (bicyclic) bond motifs is 1. The van der Waals surface area contributed by atoms with Crippen molar-refractivity contribution in [2.75, 3.05) is 41.8 Å². The third kappa shape index (κ3) is 5.13. The van der Waals surface area contributed by atoms with Gasteiger partial charge in [0.1, 0.15) is 17.5 Å². The molecule has 5 rings (SSSR count). The Kier molecular flexibility index (Phi) is 6.50. The predicted octanol–water partition coefficient (Wildman–Crippen LogP) is 4.62. The number of ether oxygens (including phenoxy) is 1. The zero-order chi connectivity index (χ0) is 25.1. The van der Waals surface area contributed by atoms with E-state index in [4.69, 9.17) is 4.74 Å². The average Bonchev–Trinajstić information content (AvgIpc) is 2.90. The van der Waals surface area contributed by atoms with Gasteiger partial charge in [-0.3, -0.25) is 9.78 Å². The number of rotatable bonds is 5. The minimum Gasteiger partial charge on any atom is -0.378 e. The van der Waals surface area contributed by atoms with E-state index in [-0.39, 0.29) is 16.8 Å². The molecule has 1 aliphatic rings. The summed E-state index contributed by atoms with van der Waals surface area (Å²) in [5.74, 6) is -1.03. The van der Waals surface area contributed by atoms with Gasteiger partial charge >= 0.3 is 6.03 Å². The number of ketones is 1. The molecule has 1 saturated heterocycles. The van der Waals surface area contributed by atoms with Crippen LogP contribution in [0.15, 0.2) is 66.9 Å². The summed E-state index contributed by atoms with van der Waals surface area (Å²) in [6.07, 6.45) is 1.68. The minimum absolute atomic E-state index is 0.203. The second kappa shape index (κ2) is 10.0. The van der Waals surface area contributed by atoms with E-state index in [2.05, 4.69) is 25.5 Å². The number of carbonyl (C=O) groups excluding carboxylic acids is 2. The third-order valence-corrected chi connectivity index (χ3v) is 5.70. The molecule has 2 amide bonds. The van der Waals surface area contributed by atoms with Crippen LogP contribution in [0.3, 0.4) is 0 Å². The molecule has 0 unspecified atom stereocenters. The van der Waals surface area contributed by atoms with Gasteiger partial charge in [0.2, 0.25) is 0 Å². The first-order valence-electron chi connectivity index (χ1n) is 11.2. The van der Waals surface area contributed by atoms with Gasteiger partial charge in [-0.25, -0.2) is 18.6 Å². The normalized spacial score (nSPS) is 13.4. The first-order valence-corrected chi connectivity index (χ1v) is 11.2. The molecule has 0 radical (unpaired) electrons. The number of amides is 2. The van der Waals surface area contributed by atoms with Crippen molar-refractivity contribution < 1.29 is 23.1 Å². The second-order valence-corrected chi connectivity index (χ2v) is 8.14. The topological polar surface area (TPSA) is 96.5 Å². The molecule has 0 atom stereocenters. The fraction of sp³-hybridized carbons (Fsp3) is 0.154. The number of urea groups is 1. The summed E-state index contributed by atoms with van der Waals surface area (Å²) in [6, 6.07) is 13.1. The minimum atomic E-state index is -0.724. The highest BCUT2D eigenvalue weighted by molar-refractivity contribution is 6.11. The molecule has 0 aliphatic carbocycles. The van der Waals surface area contributed by atoms with Crippen LogP contribution in [-0.2, 0) is 4.74 Å². The van der Waals surface area contributed by atoms with E-state index in [1.165, 1.54) is 36.4 Å². The number of nitrogens with zero attached hydrogens (tertiary/aromatic N) is 3. The van der Waals surface area contributed by atoms with Crippen LogP contribution >= 0.6 is 0 Å². The fourth-order valence-corrected chi connectivity index (χ4v) is 3.85. The Bertz CT molecular complexity index is 1440. The summed E-state index contributed by atoms with van der Waals surface area (Å²) in [7, 11) is 0. The van der Waals surface area contributed by atoms with Crippen LogP contribution in [-0.4, -0.2) is 48.1 Å². The van der Waals surface area contributed by atoms with Crippen LogP contribution in [0.5, 0.6) is 0 Å². The number of halogens is 2. The lowest BCUT2D eigenvalue weighted by molar-refractivity contribution is 0.103. The van der Waals surface area contributed by atoms with Crippen molar-refractivity contribution in [2.45, 2.75) is 0 Å². The fourth-order valence-electron chi connectivity index (χ4n) is 3.85. The zero-order valence-electron chi connectivity index (χ0n) is 19.0. The van der Waals surface area contributed by atoms with Gasteiger partial charge in [0, 0.05) is 30.0 Å². The molecule has 1 fully saturated rings. The van der Waals surface area contributed by atoms with Crippen molar-refractivity contribution in [2.24, 2.45) is 0 Å². The molecule has 10 heteroatoms. The molecular formula is C26H21F2N5O3. The van der Waals surface area contributed by atoms with Gasteiger partial charge in [0.05, 0.1) is 36.0 Å². The second-order valence-electron chi connectivity index (χ2n) is 8.14. The number of hydrogen-bond acceptors (Lipinski definition) is 6. The monoisotopic (exact) mass is 489 g/mol. The summed E-state index contributed by atoms with van der Waals surface area (Å²) in [6.45, 7) is 2.59. The predicted molar refractivity (Wildman–Crippen MR) is 131 cm³/mol. The maximum atomic E-state index is 14.6. The smallest absolute Gasteiger partial charge is 0.323 e. The molecule has 0 bridgehead atoms. The van der Waals surface area contributed by atoms with E-state index in [0.29, 0.717) is 48.8 Å². The Balaban J connectivity index is 1.36. The Labute approximate surface area is 204 Å². The average molecular weight is 489 g/mol. The molecule has 0 spiro atoms. The summed E-state index contributed by atoms with van der Waals surface area (Å²) >= 11 is 0. The molecule has 36 heavy (non-hydrogen) atoms. The van der Waals surface area contributed by atoms with Gasteiger partial charge in [-0.05, 0) is 60.7 Å². The van der Waals surface area contributed by atoms with Crippen molar-refractivity contribution in [3.05, 3.63) is 89.6 Å². The van der Waals surface area contributed by atoms with E-state index in [0.717, 1.165) is 6.07 Å². The summed E-state index contributed by atoms with van der Waals surface area (Å²) in [4.78, 5) is 36.6. The van der Waals surface area contributed by atoms with Crippen molar-refractivity contribution >= 4 is 40.0 Å². The van der Waals surface area contributed by atoms with Gasteiger partial charge in [-0.15, -0.1) is 0 Å². The van der Waals surface area contributed by atoms with E-state index in [1.54, 1.807) is 24.4 Å². The highest BCUT2D eigenvalue weighted by atomic mass is 19.1. The summed E-state index contributed by atoms with van der Waals surface area (Å²) in [5.41, 5.74) is 1.75. The van der Waals surface area contributed by atoms with Crippen molar-refractivity contribution in [3.8, 4) is 0 Å². The van der Waals surface area contributed by atoms with Crippen molar-refractivity contribution in [1.82, 2.24) is 9.97 Å². The van der Waals surface area contributed by atoms with Gasteiger partial charge in [0.15, 0.2) is 5.78 Å². The maximum Gasteiger partial charge on any atom is 0.323 e. The summed E-state index contributed by atoms with van der Waals surface area (Å²) in [5, 5.41) is 5.09. The highest BCUT2D eigenvalue weighted by Crippen LogP contribution is 2.22. The first kappa shape index (κ1) is 23.3. The lowest BCUT2D eigenvalue weighted by atomic mass is 10.0. The molecular weight excluding hydrogens is 468 g/mol. The van der Waals surface area contributed by atoms with Crippen molar-refractivity contribution in [3.63, 3.8) is 0 Å². The molecule has 8 nitrogen and oxygen atoms in total. The van der Waals surface area contributed by atoms with Crippen LogP contribution in [0, 0.1) is 11.6 Å². The van der Waals surface area contributed by atoms with Crippen molar-refractivity contribution in [1.29, 1.82) is 0 Å². The lowest BCUT2D eigenvalue weighted by Gasteiger charge is -2.27. The zero-order valence-corrected chi connectivity index (χ0v) is 19.0. The van der Waals surface area contributed by atoms with Gasteiger partial charge in [-0.1, -0.05) is 0 Å². The molecule has 2 heterocycles. The number of hydrogen-bond donors (Lipinski definition) is 2. The third-order valence-electron chi connectivity index (χ3n) is 5.70. The Morgan fingerprint density at radius 2 is 1.58 bits per heavy atom. The van der Waals surface area contributed by atoms with Gasteiger partial charge < -0.3 is 20.3 Å². The lowest BCUT2D eigenvalue weighted by Crippen LogP contribution is -2.36. The molecule has 1 aliphatic heterocycles. The highest BCUT2D eigenvalue weighted by Gasteiger charge is 2.18. The molecule has 4 aromatic rings. The molecule has 0 saturated carbocycles. The molecule has 3 aromatic carbocycles. The van der Waals surface area contributed by atoms with Crippen LogP contribution in [0.4, 0.5) is 30.8 Å². The number of aromatic nitrogens is 2. The molecule has 2 N–H and O–H groups in total. The van der Waals surface area contributed by atoms with Crippen LogP contribution in [0.25, 0.3) is 11.0 Å². The van der Waals surface area contributed by atoms with Crippen LogP contribution < -0.4 is 15.5 Å². The van der Waals surface area contributed by atoms with Gasteiger partial charge in [0.25, 0.3) is 0 Å². The first-order chi connectivity index (χ1) is 17.5. The van der Waals surface area contributed by atoms with Crippen LogP contribution in [0.1, 0.15) is 15.9 Å². The largest absolute Gasteiger partial charge is 0.378 e. The number of benzene rings is 3. The maximum absolute atomic E-state index is 14.6. The number of morpholine rings is 1. The molecule has 1 aromatic heterocycles. The standard InChI is InChI=1S/C26H21F2N5O3/c27-17-2-4-18(5-3-17)30-26(35)31-19-6-7-21(28)20(14-19)25(34)16-1-8-22-23(13-16)32-24(15-29-22)33-9-11-36-12-10-33/h1-8,13-15H,9-12H2,(H2,30,31,35). The van der Waals surface area contributed by atoms with Gasteiger partial charge in [-0.2, -0.15) is 0 Å². The Morgan fingerprint density at radius 3 is 2.36 bits per heavy atom. The molecule has 182 valence electrons. The number of nitrogens with one attached hydrogen (secondary N) is 2. The number of anilines is 3. The van der Waals surface area contributed by atoms with E-state index < -0.39 is 23.4 Å². The van der Waals surface area contributed by atoms with E-state index in [1.807, 2.05) is 0 Å².